The maximum atomic E-state index is 5.75. The molecular formula is C14H24IN3O2. The molecule has 0 amide bonds. The third kappa shape index (κ3) is 4.53. The quantitative estimate of drug-likeness (QED) is 0.687. The molecule has 0 bridgehead atoms. The fourth-order valence-corrected chi connectivity index (χ4v) is 2.37. The van der Waals surface area contributed by atoms with Crippen molar-refractivity contribution in [2.45, 2.75) is 46.3 Å². The SMILES string of the molecule is CCCNc1nc(C(C)(C)OCC)nc(COC)c1I. The van der Waals surface area contributed by atoms with Gasteiger partial charge in [0, 0.05) is 20.3 Å². The zero-order valence-electron chi connectivity index (χ0n) is 12.9. The molecule has 0 unspecified atom stereocenters. The van der Waals surface area contributed by atoms with Crippen LogP contribution in [0.1, 0.15) is 45.6 Å². The van der Waals surface area contributed by atoms with Crippen LogP contribution in [0.15, 0.2) is 0 Å². The van der Waals surface area contributed by atoms with Crippen molar-refractivity contribution in [1.82, 2.24) is 9.97 Å². The lowest BCUT2D eigenvalue weighted by Gasteiger charge is -2.24. The summed E-state index contributed by atoms with van der Waals surface area (Å²) in [5.41, 5.74) is 0.383. The van der Waals surface area contributed by atoms with E-state index in [0.29, 0.717) is 19.0 Å². The van der Waals surface area contributed by atoms with Crippen LogP contribution in [-0.2, 0) is 21.7 Å². The molecule has 0 aliphatic carbocycles. The highest BCUT2D eigenvalue weighted by Crippen LogP contribution is 2.27. The Morgan fingerprint density at radius 3 is 2.50 bits per heavy atom. The van der Waals surface area contributed by atoms with E-state index >= 15 is 0 Å². The van der Waals surface area contributed by atoms with Crippen LogP contribution in [0.5, 0.6) is 0 Å². The lowest BCUT2D eigenvalue weighted by atomic mass is 10.1. The Morgan fingerprint density at radius 1 is 1.25 bits per heavy atom. The molecular weight excluding hydrogens is 369 g/mol. The fraction of sp³-hybridized carbons (Fsp3) is 0.714. The second kappa shape index (κ2) is 8.09. The number of anilines is 1. The number of ether oxygens (including phenoxy) is 2. The summed E-state index contributed by atoms with van der Waals surface area (Å²) in [5, 5.41) is 3.35. The third-order valence-corrected chi connectivity index (χ3v) is 3.92. The van der Waals surface area contributed by atoms with Gasteiger partial charge in [0.1, 0.15) is 11.4 Å². The summed E-state index contributed by atoms with van der Waals surface area (Å²) in [5.74, 6) is 1.54. The van der Waals surface area contributed by atoms with Gasteiger partial charge in [-0.05, 0) is 49.8 Å². The molecule has 1 aromatic heterocycles. The van der Waals surface area contributed by atoms with E-state index in [9.17, 15) is 0 Å². The van der Waals surface area contributed by atoms with E-state index in [1.165, 1.54) is 0 Å². The van der Waals surface area contributed by atoms with Gasteiger partial charge in [-0.1, -0.05) is 6.92 Å². The van der Waals surface area contributed by atoms with E-state index in [0.717, 1.165) is 28.0 Å². The van der Waals surface area contributed by atoms with Crippen molar-refractivity contribution in [3.8, 4) is 0 Å². The third-order valence-electron chi connectivity index (χ3n) is 2.79. The van der Waals surface area contributed by atoms with Gasteiger partial charge in [-0.15, -0.1) is 0 Å². The molecule has 5 nitrogen and oxygen atoms in total. The molecule has 1 N–H and O–H groups in total. The number of nitrogens with zero attached hydrogens (tertiary/aromatic N) is 2. The molecule has 0 atom stereocenters. The molecule has 6 heteroatoms. The minimum atomic E-state index is -0.510. The van der Waals surface area contributed by atoms with Crippen molar-refractivity contribution in [3.05, 3.63) is 15.1 Å². The first kappa shape index (κ1) is 17.6. The van der Waals surface area contributed by atoms with Crippen LogP contribution >= 0.6 is 22.6 Å². The van der Waals surface area contributed by atoms with Crippen molar-refractivity contribution >= 4 is 28.4 Å². The Kier molecular flexibility index (Phi) is 7.11. The van der Waals surface area contributed by atoms with Crippen LogP contribution in [0.3, 0.4) is 0 Å². The first-order chi connectivity index (χ1) is 9.46. The number of aromatic nitrogens is 2. The predicted molar refractivity (Wildman–Crippen MR) is 88.9 cm³/mol. The average Bonchev–Trinajstić information content (AvgIpc) is 2.39. The molecule has 0 spiro atoms. The zero-order chi connectivity index (χ0) is 15.2. The van der Waals surface area contributed by atoms with Crippen molar-refractivity contribution in [1.29, 1.82) is 0 Å². The summed E-state index contributed by atoms with van der Waals surface area (Å²) in [6.07, 6.45) is 1.05. The van der Waals surface area contributed by atoms with Gasteiger partial charge in [0.15, 0.2) is 5.82 Å². The summed E-state index contributed by atoms with van der Waals surface area (Å²) < 4.78 is 12.0. The Morgan fingerprint density at radius 2 is 1.95 bits per heavy atom. The monoisotopic (exact) mass is 393 g/mol. The van der Waals surface area contributed by atoms with E-state index in [1.54, 1.807) is 7.11 Å². The van der Waals surface area contributed by atoms with Crippen LogP contribution in [0.2, 0.25) is 0 Å². The average molecular weight is 393 g/mol. The predicted octanol–water partition coefficient (Wildman–Crippen LogP) is 3.32. The number of nitrogens with one attached hydrogen (secondary N) is 1. The second-order valence-corrected chi connectivity index (χ2v) is 6.04. The first-order valence-corrected chi connectivity index (χ1v) is 7.97. The smallest absolute Gasteiger partial charge is 0.162 e. The maximum absolute atomic E-state index is 5.75. The van der Waals surface area contributed by atoms with Crippen molar-refractivity contribution in [2.75, 3.05) is 25.6 Å². The number of hydrogen-bond donors (Lipinski definition) is 1. The first-order valence-electron chi connectivity index (χ1n) is 6.89. The van der Waals surface area contributed by atoms with Gasteiger partial charge in [0.05, 0.1) is 15.9 Å². The molecule has 114 valence electrons. The molecule has 20 heavy (non-hydrogen) atoms. The molecule has 0 saturated heterocycles. The van der Waals surface area contributed by atoms with Gasteiger partial charge in [-0.2, -0.15) is 0 Å². The van der Waals surface area contributed by atoms with E-state index in [4.69, 9.17) is 9.47 Å². The van der Waals surface area contributed by atoms with Gasteiger partial charge in [-0.3, -0.25) is 0 Å². The van der Waals surface area contributed by atoms with Crippen LogP contribution < -0.4 is 5.32 Å². The number of halogens is 1. The number of rotatable bonds is 8. The lowest BCUT2D eigenvalue weighted by Crippen LogP contribution is -2.26. The summed E-state index contributed by atoms with van der Waals surface area (Å²) in [4.78, 5) is 9.25. The normalized spacial score (nSPS) is 11.7. The maximum Gasteiger partial charge on any atom is 0.162 e. The molecule has 0 saturated carbocycles. The summed E-state index contributed by atoms with van der Waals surface area (Å²) in [6.45, 7) is 10.0. The fourth-order valence-electron chi connectivity index (χ4n) is 1.78. The zero-order valence-corrected chi connectivity index (χ0v) is 15.1. The number of methoxy groups -OCH3 is 1. The van der Waals surface area contributed by atoms with Crippen LogP contribution in [-0.4, -0.2) is 30.2 Å². The minimum absolute atomic E-state index is 0.469. The lowest BCUT2D eigenvalue weighted by molar-refractivity contribution is -0.0211. The Hall–Kier alpha value is -0.470. The summed E-state index contributed by atoms with van der Waals surface area (Å²) >= 11 is 2.26. The van der Waals surface area contributed by atoms with Gasteiger partial charge in [-0.25, -0.2) is 9.97 Å². The van der Waals surface area contributed by atoms with E-state index in [-0.39, 0.29) is 0 Å². The van der Waals surface area contributed by atoms with Gasteiger partial charge < -0.3 is 14.8 Å². The molecule has 0 aliphatic heterocycles. The minimum Gasteiger partial charge on any atom is -0.378 e. The molecule has 1 rings (SSSR count). The van der Waals surface area contributed by atoms with Gasteiger partial charge >= 0.3 is 0 Å². The standard InChI is InChI=1S/C14H24IN3O2/c1-6-8-16-12-11(15)10(9-19-5)17-13(18-12)14(3,4)20-7-2/h6-9H2,1-5H3,(H,16,17,18). The van der Waals surface area contributed by atoms with Crippen molar-refractivity contribution < 1.29 is 9.47 Å². The summed E-state index contributed by atoms with van der Waals surface area (Å²) in [7, 11) is 1.67. The molecule has 0 radical (unpaired) electrons. The second-order valence-electron chi connectivity index (χ2n) is 4.96. The Balaban J connectivity index is 3.20. The molecule has 1 heterocycles. The van der Waals surface area contributed by atoms with Crippen LogP contribution in [0.4, 0.5) is 5.82 Å². The summed E-state index contributed by atoms with van der Waals surface area (Å²) in [6, 6.07) is 0. The highest BCUT2D eigenvalue weighted by Gasteiger charge is 2.26. The van der Waals surface area contributed by atoms with E-state index < -0.39 is 5.60 Å². The highest BCUT2D eigenvalue weighted by atomic mass is 127. The largest absolute Gasteiger partial charge is 0.378 e. The van der Waals surface area contributed by atoms with Crippen molar-refractivity contribution in [2.24, 2.45) is 0 Å². The van der Waals surface area contributed by atoms with E-state index in [1.807, 2.05) is 20.8 Å². The molecule has 0 aromatic carbocycles. The number of hydrogen-bond acceptors (Lipinski definition) is 5. The highest BCUT2D eigenvalue weighted by molar-refractivity contribution is 14.1. The van der Waals surface area contributed by atoms with Gasteiger partial charge in [0.25, 0.3) is 0 Å². The topological polar surface area (TPSA) is 56.3 Å². The van der Waals surface area contributed by atoms with E-state index in [2.05, 4.69) is 44.8 Å². The van der Waals surface area contributed by atoms with Crippen LogP contribution in [0, 0.1) is 3.57 Å². The molecule has 0 aliphatic rings. The van der Waals surface area contributed by atoms with Gasteiger partial charge in [0.2, 0.25) is 0 Å². The Bertz CT molecular complexity index is 439. The van der Waals surface area contributed by atoms with Crippen molar-refractivity contribution in [3.63, 3.8) is 0 Å². The Labute approximate surface area is 135 Å². The van der Waals surface area contributed by atoms with Crippen LogP contribution in [0.25, 0.3) is 0 Å². The molecule has 1 aromatic rings. The molecule has 0 fully saturated rings.